The maximum Gasteiger partial charge on any atom is 0.245 e. The molecule has 1 fully saturated rings. The molecule has 0 radical (unpaired) electrons. The predicted octanol–water partition coefficient (Wildman–Crippen LogP) is 1.44. The van der Waals surface area contributed by atoms with Crippen molar-refractivity contribution in [2.24, 2.45) is 5.92 Å². The van der Waals surface area contributed by atoms with Gasteiger partial charge in [0.15, 0.2) is 5.82 Å². The molecule has 2 aromatic heterocycles. The summed E-state index contributed by atoms with van der Waals surface area (Å²) in [5, 5.41) is 10.3. The second kappa shape index (κ2) is 6.17. The second-order valence-corrected chi connectivity index (χ2v) is 5.36. The highest BCUT2D eigenvalue weighted by molar-refractivity contribution is 5.54. The molecule has 0 atom stereocenters. The van der Waals surface area contributed by atoms with Gasteiger partial charge in [0.05, 0.1) is 6.20 Å². The van der Waals surface area contributed by atoms with E-state index in [1.54, 1.807) is 6.20 Å². The van der Waals surface area contributed by atoms with E-state index < -0.39 is 0 Å². The van der Waals surface area contributed by atoms with Crippen LogP contribution in [0.2, 0.25) is 0 Å². The van der Waals surface area contributed by atoms with Crippen LogP contribution in [0.1, 0.15) is 12.8 Å². The van der Waals surface area contributed by atoms with Crippen molar-refractivity contribution in [1.82, 2.24) is 25.5 Å². The third-order valence-electron chi connectivity index (χ3n) is 3.84. The Morgan fingerprint density at radius 2 is 2.19 bits per heavy atom. The Kier molecular flexibility index (Phi) is 4.10. The monoisotopic (exact) mass is 290 g/mol. The summed E-state index contributed by atoms with van der Waals surface area (Å²) in [7, 11) is 1.99. The molecule has 1 saturated heterocycles. The van der Waals surface area contributed by atoms with Crippen LogP contribution < -0.4 is 10.2 Å². The van der Waals surface area contributed by atoms with Gasteiger partial charge in [-0.15, -0.1) is 5.10 Å². The van der Waals surface area contributed by atoms with E-state index in [0.717, 1.165) is 38.4 Å². The zero-order valence-corrected chi connectivity index (χ0v) is 12.0. The fourth-order valence-corrected chi connectivity index (χ4v) is 2.69. The third kappa shape index (κ3) is 3.18. The molecule has 1 aliphatic rings. The average Bonchev–Trinajstić information content (AvgIpc) is 2.98. The molecule has 0 amide bonds. The first-order valence-electron chi connectivity index (χ1n) is 7.19. The summed E-state index contributed by atoms with van der Waals surface area (Å²) in [6.45, 7) is 2.96. The maximum absolute atomic E-state index is 13.2. The summed E-state index contributed by atoms with van der Waals surface area (Å²) < 4.78 is 13.2. The molecule has 0 unspecified atom stereocenters. The number of nitrogens with zero attached hydrogens (tertiary/aromatic N) is 4. The maximum atomic E-state index is 13.2. The lowest BCUT2D eigenvalue weighted by Gasteiger charge is -2.30. The highest BCUT2D eigenvalue weighted by atomic mass is 19.1. The molecular formula is C14H19FN6. The standard InChI is InChI=1S/C14H19FN6/c1-16-7-10-2-4-21(5-3-10)14-18-13(19-20-14)11-6-12(15)9-17-8-11/h6,8-10,16H,2-5,7H2,1H3,(H,18,19,20). The van der Waals surface area contributed by atoms with E-state index in [1.165, 1.54) is 12.3 Å². The zero-order chi connectivity index (χ0) is 14.7. The first kappa shape index (κ1) is 13.9. The summed E-state index contributed by atoms with van der Waals surface area (Å²) in [4.78, 5) is 10.4. The number of aromatic nitrogens is 4. The highest BCUT2D eigenvalue weighted by Crippen LogP contribution is 2.22. The molecular weight excluding hydrogens is 271 g/mol. The van der Waals surface area contributed by atoms with E-state index in [1.807, 2.05) is 7.05 Å². The molecule has 2 aromatic rings. The summed E-state index contributed by atoms with van der Waals surface area (Å²) in [5.41, 5.74) is 0.610. The molecule has 0 bridgehead atoms. The number of rotatable bonds is 4. The van der Waals surface area contributed by atoms with E-state index in [0.29, 0.717) is 17.3 Å². The molecule has 0 aromatic carbocycles. The minimum atomic E-state index is -0.377. The van der Waals surface area contributed by atoms with Crippen molar-refractivity contribution in [2.75, 3.05) is 31.6 Å². The molecule has 6 nitrogen and oxygen atoms in total. The van der Waals surface area contributed by atoms with Crippen LogP contribution in [-0.4, -0.2) is 46.8 Å². The number of piperidine rings is 1. The Morgan fingerprint density at radius 1 is 1.38 bits per heavy atom. The summed E-state index contributed by atoms with van der Waals surface area (Å²) in [6.07, 6.45) is 5.01. The van der Waals surface area contributed by atoms with Crippen molar-refractivity contribution in [3.8, 4) is 11.4 Å². The van der Waals surface area contributed by atoms with Crippen LogP contribution in [0.15, 0.2) is 18.5 Å². The van der Waals surface area contributed by atoms with Gasteiger partial charge in [0.2, 0.25) is 5.95 Å². The van der Waals surface area contributed by atoms with Crippen LogP contribution in [0.25, 0.3) is 11.4 Å². The molecule has 0 saturated carbocycles. The van der Waals surface area contributed by atoms with Crippen LogP contribution in [0.3, 0.4) is 0 Å². The van der Waals surface area contributed by atoms with Gasteiger partial charge in [0, 0.05) is 24.8 Å². The number of hydrogen-bond acceptors (Lipinski definition) is 5. The number of nitrogens with one attached hydrogen (secondary N) is 2. The molecule has 7 heteroatoms. The minimum absolute atomic E-state index is 0.377. The smallest absolute Gasteiger partial charge is 0.245 e. The largest absolute Gasteiger partial charge is 0.340 e. The van der Waals surface area contributed by atoms with Crippen LogP contribution in [0.5, 0.6) is 0 Å². The van der Waals surface area contributed by atoms with Gasteiger partial charge < -0.3 is 10.2 Å². The van der Waals surface area contributed by atoms with Crippen LogP contribution in [-0.2, 0) is 0 Å². The lowest BCUT2D eigenvalue weighted by molar-refractivity contribution is 0.391. The van der Waals surface area contributed by atoms with Gasteiger partial charge >= 0.3 is 0 Å². The number of halogens is 1. The fourth-order valence-electron chi connectivity index (χ4n) is 2.69. The highest BCUT2D eigenvalue weighted by Gasteiger charge is 2.21. The third-order valence-corrected chi connectivity index (χ3v) is 3.84. The predicted molar refractivity (Wildman–Crippen MR) is 78.4 cm³/mol. The van der Waals surface area contributed by atoms with Gasteiger partial charge in [-0.05, 0) is 38.4 Å². The lowest BCUT2D eigenvalue weighted by Crippen LogP contribution is -2.37. The topological polar surface area (TPSA) is 69.7 Å². The number of aromatic amines is 1. The van der Waals surface area contributed by atoms with Gasteiger partial charge in [-0.25, -0.2) is 4.39 Å². The molecule has 21 heavy (non-hydrogen) atoms. The van der Waals surface area contributed by atoms with E-state index in [9.17, 15) is 4.39 Å². The Morgan fingerprint density at radius 3 is 2.90 bits per heavy atom. The van der Waals surface area contributed by atoms with Crippen molar-refractivity contribution in [2.45, 2.75) is 12.8 Å². The molecule has 0 aliphatic carbocycles. The normalized spacial score (nSPS) is 16.4. The molecule has 2 N–H and O–H groups in total. The Labute approximate surface area is 122 Å². The molecule has 112 valence electrons. The number of hydrogen-bond donors (Lipinski definition) is 2. The summed E-state index contributed by atoms with van der Waals surface area (Å²) in [5.74, 6) is 1.57. The van der Waals surface area contributed by atoms with Crippen molar-refractivity contribution in [3.05, 3.63) is 24.3 Å². The molecule has 1 aliphatic heterocycles. The van der Waals surface area contributed by atoms with Gasteiger partial charge in [-0.3, -0.25) is 10.1 Å². The zero-order valence-electron chi connectivity index (χ0n) is 12.0. The second-order valence-electron chi connectivity index (χ2n) is 5.36. The Bertz CT molecular complexity index is 591. The van der Waals surface area contributed by atoms with Crippen molar-refractivity contribution in [3.63, 3.8) is 0 Å². The van der Waals surface area contributed by atoms with Gasteiger partial charge in [-0.2, -0.15) is 4.98 Å². The SMILES string of the molecule is CNCC1CCN(c2n[nH]c(-c3cncc(F)c3)n2)CC1. The average molecular weight is 290 g/mol. The Hall–Kier alpha value is -2.02. The van der Waals surface area contributed by atoms with Gasteiger partial charge in [0.25, 0.3) is 0 Å². The van der Waals surface area contributed by atoms with E-state index >= 15 is 0 Å². The number of pyridine rings is 1. The fraction of sp³-hybridized carbons (Fsp3) is 0.500. The van der Waals surface area contributed by atoms with Crippen LogP contribution in [0, 0.1) is 11.7 Å². The van der Waals surface area contributed by atoms with E-state index in [2.05, 4.69) is 30.4 Å². The summed E-state index contributed by atoms with van der Waals surface area (Å²) >= 11 is 0. The van der Waals surface area contributed by atoms with Crippen molar-refractivity contribution in [1.29, 1.82) is 0 Å². The van der Waals surface area contributed by atoms with E-state index in [4.69, 9.17) is 0 Å². The molecule has 0 spiro atoms. The van der Waals surface area contributed by atoms with Gasteiger partial charge in [0.1, 0.15) is 5.82 Å². The van der Waals surface area contributed by atoms with Crippen molar-refractivity contribution >= 4 is 5.95 Å². The first-order valence-corrected chi connectivity index (χ1v) is 7.19. The first-order chi connectivity index (χ1) is 10.3. The number of H-pyrrole nitrogens is 1. The molecule has 3 rings (SSSR count). The lowest BCUT2D eigenvalue weighted by atomic mass is 9.97. The summed E-state index contributed by atoms with van der Waals surface area (Å²) in [6, 6.07) is 1.40. The van der Waals surface area contributed by atoms with Crippen LogP contribution in [0.4, 0.5) is 10.3 Å². The van der Waals surface area contributed by atoms with Gasteiger partial charge in [-0.1, -0.05) is 0 Å². The quantitative estimate of drug-likeness (QED) is 0.891. The minimum Gasteiger partial charge on any atom is -0.340 e. The Balaban J connectivity index is 1.68. The van der Waals surface area contributed by atoms with Crippen molar-refractivity contribution < 1.29 is 4.39 Å². The van der Waals surface area contributed by atoms with Crippen LogP contribution >= 0.6 is 0 Å². The number of anilines is 1. The molecule has 3 heterocycles. The van der Waals surface area contributed by atoms with E-state index in [-0.39, 0.29) is 5.82 Å².